The van der Waals surface area contributed by atoms with Crippen LogP contribution in [0.5, 0.6) is 0 Å². The SMILES string of the molecule is CC(C)CC(NC(=O)c1ccc(Cl)cc1)C(=O)N/N=C/C=C/c1ccccc1. The monoisotopic (exact) mass is 397 g/mol. The van der Waals surface area contributed by atoms with Gasteiger partial charge in [0, 0.05) is 16.8 Å². The Bertz CT molecular complexity index is 831. The maximum atomic E-state index is 12.4. The lowest BCUT2D eigenvalue weighted by atomic mass is 10.0. The van der Waals surface area contributed by atoms with Crippen molar-refractivity contribution in [2.45, 2.75) is 26.3 Å². The topological polar surface area (TPSA) is 70.6 Å². The quantitative estimate of drug-likeness (QED) is 0.515. The summed E-state index contributed by atoms with van der Waals surface area (Å²) in [5, 5.41) is 7.24. The van der Waals surface area contributed by atoms with Crippen molar-refractivity contribution in [2.75, 3.05) is 0 Å². The van der Waals surface area contributed by atoms with Crippen LogP contribution >= 0.6 is 11.6 Å². The Morgan fingerprint density at radius 1 is 1.07 bits per heavy atom. The average Bonchev–Trinajstić information content (AvgIpc) is 2.68. The molecule has 1 atom stereocenters. The Hall–Kier alpha value is -2.92. The molecule has 0 radical (unpaired) electrons. The minimum Gasteiger partial charge on any atom is -0.340 e. The first-order valence-electron chi connectivity index (χ1n) is 9.06. The molecular weight excluding hydrogens is 374 g/mol. The third-order valence-corrected chi connectivity index (χ3v) is 4.11. The van der Waals surface area contributed by atoms with Crippen molar-refractivity contribution in [2.24, 2.45) is 11.0 Å². The van der Waals surface area contributed by atoms with Crippen LogP contribution in [-0.4, -0.2) is 24.1 Å². The number of hydrogen-bond donors (Lipinski definition) is 2. The molecule has 1 unspecified atom stereocenters. The lowest BCUT2D eigenvalue weighted by molar-refractivity contribution is -0.123. The molecule has 0 aliphatic carbocycles. The zero-order chi connectivity index (χ0) is 20.4. The lowest BCUT2D eigenvalue weighted by Gasteiger charge is -2.19. The molecule has 0 aromatic heterocycles. The number of hydrazone groups is 1. The Balaban J connectivity index is 1.94. The van der Waals surface area contributed by atoms with E-state index in [0.717, 1.165) is 5.56 Å². The third kappa shape index (κ3) is 7.37. The van der Waals surface area contributed by atoms with Crippen molar-refractivity contribution in [3.8, 4) is 0 Å². The number of halogens is 1. The van der Waals surface area contributed by atoms with Crippen molar-refractivity contribution in [3.63, 3.8) is 0 Å². The van der Waals surface area contributed by atoms with Gasteiger partial charge in [-0.25, -0.2) is 5.43 Å². The van der Waals surface area contributed by atoms with Crippen LogP contribution in [0.25, 0.3) is 6.08 Å². The van der Waals surface area contributed by atoms with E-state index in [2.05, 4.69) is 15.8 Å². The zero-order valence-electron chi connectivity index (χ0n) is 15.9. The van der Waals surface area contributed by atoms with Gasteiger partial charge in [0.1, 0.15) is 6.04 Å². The summed E-state index contributed by atoms with van der Waals surface area (Å²) in [5.41, 5.74) is 3.96. The van der Waals surface area contributed by atoms with Gasteiger partial charge >= 0.3 is 0 Å². The maximum absolute atomic E-state index is 12.4. The Morgan fingerprint density at radius 2 is 1.75 bits per heavy atom. The van der Waals surface area contributed by atoms with Crippen LogP contribution in [-0.2, 0) is 4.79 Å². The van der Waals surface area contributed by atoms with E-state index in [1.165, 1.54) is 6.21 Å². The van der Waals surface area contributed by atoms with E-state index in [-0.39, 0.29) is 17.7 Å². The first-order valence-corrected chi connectivity index (χ1v) is 9.44. The van der Waals surface area contributed by atoms with Crippen LogP contribution in [0.1, 0.15) is 36.2 Å². The molecule has 0 heterocycles. The second-order valence-corrected chi connectivity index (χ2v) is 7.12. The number of rotatable bonds is 8. The summed E-state index contributed by atoms with van der Waals surface area (Å²) in [7, 11) is 0. The van der Waals surface area contributed by atoms with Gasteiger partial charge in [-0.2, -0.15) is 5.10 Å². The predicted molar refractivity (Wildman–Crippen MR) is 114 cm³/mol. The molecule has 28 heavy (non-hydrogen) atoms. The largest absolute Gasteiger partial charge is 0.340 e. The van der Waals surface area contributed by atoms with Crippen LogP contribution in [0.2, 0.25) is 5.02 Å². The second-order valence-electron chi connectivity index (χ2n) is 6.69. The van der Waals surface area contributed by atoms with E-state index in [9.17, 15) is 9.59 Å². The zero-order valence-corrected chi connectivity index (χ0v) is 16.7. The Labute approximate surface area is 170 Å². The first kappa shape index (κ1) is 21.4. The summed E-state index contributed by atoms with van der Waals surface area (Å²) in [6.07, 6.45) is 5.61. The molecule has 0 saturated heterocycles. The van der Waals surface area contributed by atoms with Gasteiger partial charge in [-0.1, -0.05) is 61.9 Å². The molecule has 0 saturated carbocycles. The minimum atomic E-state index is -0.682. The van der Waals surface area contributed by atoms with Gasteiger partial charge < -0.3 is 5.32 Å². The highest BCUT2D eigenvalue weighted by molar-refractivity contribution is 6.30. The number of benzene rings is 2. The van der Waals surface area contributed by atoms with E-state index in [0.29, 0.717) is 17.0 Å². The van der Waals surface area contributed by atoms with Crippen molar-refractivity contribution in [1.82, 2.24) is 10.7 Å². The van der Waals surface area contributed by atoms with Gasteiger partial charge in [0.05, 0.1) is 0 Å². The van der Waals surface area contributed by atoms with E-state index < -0.39 is 6.04 Å². The molecule has 0 aliphatic heterocycles. The highest BCUT2D eigenvalue weighted by atomic mass is 35.5. The van der Waals surface area contributed by atoms with Crippen LogP contribution in [0.15, 0.2) is 65.8 Å². The highest BCUT2D eigenvalue weighted by Crippen LogP contribution is 2.11. The molecule has 0 aliphatic rings. The molecule has 2 aromatic rings. The molecule has 0 spiro atoms. The third-order valence-electron chi connectivity index (χ3n) is 3.86. The lowest BCUT2D eigenvalue weighted by Crippen LogP contribution is -2.46. The van der Waals surface area contributed by atoms with Gasteiger partial charge in [0.25, 0.3) is 11.8 Å². The van der Waals surface area contributed by atoms with E-state index in [4.69, 9.17) is 11.6 Å². The minimum absolute atomic E-state index is 0.225. The van der Waals surface area contributed by atoms with Crippen LogP contribution in [0.3, 0.4) is 0 Å². The van der Waals surface area contributed by atoms with Gasteiger partial charge in [-0.15, -0.1) is 0 Å². The molecule has 2 aromatic carbocycles. The van der Waals surface area contributed by atoms with E-state index in [1.807, 2.05) is 50.3 Å². The highest BCUT2D eigenvalue weighted by Gasteiger charge is 2.22. The number of nitrogens with zero attached hydrogens (tertiary/aromatic N) is 1. The number of hydrogen-bond acceptors (Lipinski definition) is 3. The number of allylic oxidation sites excluding steroid dienone is 1. The standard InChI is InChI=1S/C22H24ClN3O2/c1-16(2)15-20(25-21(27)18-10-12-19(23)13-11-18)22(28)26-24-14-6-9-17-7-4-3-5-8-17/h3-14,16,20H,15H2,1-2H3,(H,25,27)(H,26,28)/b9-6+,24-14+. The Kier molecular flexibility index (Phi) is 8.43. The molecule has 2 amide bonds. The van der Waals surface area contributed by atoms with E-state index in [1.54, 1.807) is 30.3 Å². The summed E-state index contributed by atoms with van der Waals surface area (Å²) in [5.74, 6) is -0.464. The normalized spacial score (nSPS) is 12.4. The van der Waals surface area contributed by atoms with Gasteiger partial charge in [-0.3, -0.25) is 9.59 Å². The van der Waals surface area contributed by atoms with Crippen molar-refractivity contribution in [1.29, 1.82) is 0 Å². The summed E-state index contributed by atoms with van der Waals surface area (Å²) in [6, 6.07) is 15.6. The fraction of sp³-hybridized carbons (Fsp3) is 0.227. The fourth-order valence-corrected chi connectivity index (χ4v) is 2.61. The molecule has 2 rings (SSSR count). The smallest absolute Gasteiger partial charge is 0.262 e. The molecule has 2 N–H and O–H groups in total. The number of carbonyl (C=O) groups is 2. The molecule has 146 valence electrons. The molecule has 0 fully saturated rings. The maximum Gasteiger partial charge on any atom is 0.262 e. The number of carbonyl (C=O) groups excluding carboxylic acids is 2. The van der Waals surface area contributed by atoms with Crippen molar-refractivity contribution >= 4 is 35.7 Å². The van der Waals surface area contributed by atoms with Crippen LogP contribution in [0, 0.1) is 5.92 Å². The molecular formula is C22H24ClN3O2. The van der Waals surface area contributed by atoms with Gasteiger partial charge in [0.15, 0.2) is 0 Å². The predicted octanol–water partition coefficient (Wildman–Crippen LogP) is 4.30. The van der Waals surface area contributed by atoms with Crippen molar-refractivity contribution in [3.05, 3.63) is 76.8 Å². The van der Waals surface area contributed by atoms with Crippen molar-refractivity contribution < 1.29 is 9.59 Å². The van der Waals surface area contributed by atoms with Gasteiger partial charge in [0.2, 0.25) is 0 Å². The number of amides is 2. The first-order chi connectivity index (χ1) is 13.5. The summed E-state index contributed by atoms with van der Waals surface area (Å²) in [4.78, 5) is 24.8. The van der Waals surface area contributed by atoms with Gasteiger partial charge in [-0.05, 0) is 48.2 Å². The average molecular weight is 398 g/mol. The molecule has 5 nitrogen and oxygen atoms in total. The van der Waals surface area contributed by atoms with Crippen LogP contribution < -0.4 is 10.7 Å². The fourth-order valence-electron chi connectivity index (χ4n) is 2.49. The summed E-state index contributed by atoms with van der Waals surface area (Å²) in [6.45, 7) is 3.97. The Morgan fingerprint density at radius 3 is 2.39 bits per heavy atom. The molecule has 0 bridgehead atoms. The number of nitrogens with one attached hydrogen (secondary N) is 2. The van der Waals surface area contributed by atoms with E-state index >= 15 is 0 Å². The molecule has 6 heteroatoms. The second kappa shape index (κ2) is 11.0. The summed E-state index contributed by atoms with van der Waals surface area (Å²) >= 11 is 5.85. The summed E-state index contributed by atoms with van der Waals surface area (Å²) < 4.78 is 0. The van der Waals surface area contributed by atoms with Crippen LogP contribution in [0.4, 0.5) is 0 Å².